The molecule has 0 spiro atoms. The summed E-state index contributed by atoms with van der Waals surface area (Å²) in [6.07, 6.45) is 3.95. The van der Waals surface area contributed by atoms with Crippen molar-refractivity contribution in [3.63, 3.8) is 0 Å². The summed E-state index contributed by atoms with van der Waals surface area (Å²) in [5.74, 6) is 2.02. The average molecular weight is 395 g/mol. The van der Waals surface area contributed by atoms with Crippen molar-refractivity contribution >= 4 is 22.7 Å². The summed E-state index contributed by atoms with van der Waals surface area (Å²) >= 11 is 0. The van der Waals surface area contributed by atoms with Crippen molar-refractivity contribution in [2.24, 2.45) is 4.99 Å². The highest BCUT2D eigenvalue weighted by Crippen LogP contribution is 2.24. The summed E-state index contributed by atoms with van der Waals surface area (Å²) in [6, 6.07) is 11.2. The van der Waals surface area contributed by atoms with E-state index < -0.39 is 0 Å². The Kier molecular flexibility index (Phi) is 6.19. The second-order valence-corrected chi connectivity index (χ2v) is 8.35. The SMILES string of the molecule is CCNC(=NCc1cc(N(C)C)nc2ccccc12)N1CCC(N2CCCC2)C1. The minimum absolute atomic E-state index is 0.664. The number of pyridine rings is 1. The lowest BCUT2D eigenvalue weighted by molar-refractivity contribution is 0.249. The van der Waals surface area contributed by atoms with Gasteiger partial charge in [-0.1, -0.05) is 18.2 Å². The molecule has 0 aliphatic carbocycles. The number of para-hydroxylation sites is 1. The van der Waals surface area contributed by atoms with E-state index in [-0.39, 0.29) is 0 Å². The molecule has 0 amide bonds. The molecule has 1 unspecified atom stereocenters. The van der Waals surface area contributed by atoms with E-state index >= 15 is 0 Å². The molecular weight excluding hydrogens is 360 g/mol. The van der Waals surface area contributed by atoms with Gasteiger partial charge < -0.3 is 15.1 Å². The maximum atomic E-state index is 5.04. The van der Waals surface area contributed by atoms with Crippen LogP contribution in [0.1, 0.15) is 31.7 Å². The minimum Gasteiger partial charge on any atom is -0.363 e. The maximum Gasteiger partial charge on any atom is 0.194 e. The minimum atomic E-state index is 0.664. The summed E-state index contributed by atoms with van der Waals surface area (Å²) in [5.41, 5.74) is 2.26. The topological polar surface area (TPSA) is 47.0 Å². The second kappa shape index (κ2) is 8.99. The Balaban J connectivity index is 1.55. The predicted molar refractivity (Wildman–Crippen MR) is 122 cm³/mol. The molecule has 2 aliphatic rings. The van der Waals surface area contributed by atoms with Crippen molar-refractivity contribution in [2.75, 3.05) is 51.7 Å². The van der Waals surface area contributed by atoms with Gasteiger partial charge in [0.05, 0.1) is 12.1 Å². The Morgan fingerprint density at radius 1 is 1.21 bits per heavy atom. The first-order valence-electron chi connectivity index (χ1n) is 11.0. The second-order valence-electron chi connectivity index (χ2n) is 8.35. The van der Waals surface area contributed by atoms with E-state index in [2.05, 4.69) is 57.3 Å². The molecule has 3 heterocycles. The Bertz CT molecular complexity index is 856. The molecule has 29 heavy (non-hydrogen) atoms. The van der Waals surface area contributed by atoms with Gasteiger partial charge in [0.1, 0.15) is 5.82 Å². The van der Waals surface area contributed by atoms with Crippen LogP contribution in [0.2, 0.25) is 0 Å². The molecule has 1 N–H and O–H groups in total. The standard InChI is InChI=1S/C23H34N6/c1-4-24-23(29-14-11-19(17-29)28-12-7-8-13-28)25-16-18-15-22(27(2)3)26-21-10-6-5-9-20(18)21/h5-6,9-10,15,19H,4,7-8,11-14,16-17H2,1-3H3,(H,24,25). The quantitative estimate of drug-likeness (QED) is 0.624. The molecule has 0 radical (unpaired) electrons. The van der Waals surface area contributed by atoms with E-state index in [1.165, 1.54) is 43.3 Å². The van der Waals surface area contributed by atoms with Crippen molar-refractivity contribution < 1.29 is 0 Å². The molecule has 0 saturated carbocycles. The van der Waals surface area contributed by atoms with Crippen molar-refractivity contribution in [1.82, 2.24) is 20.1 Å². The van der Waals surface area contributed by atoms with Crippen molar-refractivity contribution in [1.29, 1.82) is 0 Å². The van der Waals surface area contributed by atoms with Crippen LogP contribution >= 0.6 is 0 Å². The number of nitrogens with zero attached hydrogens (tertiary/aromatic N) is 5. The van der Waals surface area contributed by atoms with Gasteiger partial charge in [0.15, 0.2) is 5.96 Å². The Morgan fingerprint density at radius 2 is 2.00 bits per heavy atom. The number of aromatic nitrogens is 1. The van der Waals surface area contributed by atoms with Gasteiger partial charge in [-0.15, -0.1) is 0 Å². The first-order valence-corrected chi connectivity index (χ1v) is 11.0. The largest absolute Gasteiger partial charge is 0.363 e. The molecule has 156 valence electrons. The molecule has 4 rings (SSSR count). The summed E-state index contributed by atoms with van der Waals surface area (Å²) < 4.78 is 0. The van der Waals surface area contributed by atoms with Crippen molar-refractivity contribution in [3.8, 4) is 0 Å². The third kappa shape index (κ3) is 4.47. The van der Waals surface area contributed by atoms with E-state index in [9.17, 15) is 0 Å². The van der Waals surface area contributed by atoms with Gasteiger partial charge >= 0.3 is 0 Å². The third-order valence-electron chi connectivity index (χ3n) is 6.10. The molecule has 6 nitrogen and oxygen atoms in total. The number of benzene rings is 1. The highest BCUT2D eigenvalue weighted by atomic mass is 15.3. The predicted octanol–water partition coefficient (Wildman–Crippen LogP) is 2.94. The number of hydrogen-bond donors (Lipinski definition) is 1. The average Bonchev–Trinajstić information content (AvgIpc) is 3.42. The van der Waals surface area contributed by atoms with Crippen molar-refractivity contribution in [2.45, 2.75) is 38.8 Å². The van der Waals surface area contributed by atoms with E-state index in [0.29, 0.717) is 12.6 Å². The van der Waals surface area contributed by atoms with Crippen molar-refractivity contribution in [3.05, 3.63) is 35.9 Å². The van der Waals surface area contributed by atoms with Crippen LogP contribution in [0.3, 0.4) is 0 Å². The molecule has 2 aliphatic heterocycles. The Labute approximate surface area is 174 Å². The normalized spacial score (nSPS) is 20.6. The lowest BCUT2D eigenvalue weighted by atomic mass is 10.1. The van der Waals surface area contributed by atoms with E-state index in [1.807, 2.05) is 14.1 Å². The molecule has 1 atom stereocenters. The fourth-order valence-electron chi connectivity index (χ4n) is 4.52. The number of fused-ring (bicyclic) bond motifs is 1. The summed E-state index contributed by atoms with van der Waals surface area (Å²) in [4.78, 5) is 17.0. The summed E-state index contributed by atoms with van der Waals surface area (Å²) in [5, 5.41) is 4.71. The maximum absolute atomic E-state index is 5.04. The van der Waals surface area contributed by atoms with E-state index in [1.54, 1.807) is 0 Å². The fraction of sp³-hybridized carbons (Fsp3) is 0.565. The van der Waals surface area contributed by atoms with Crippen LogP contribution in [-0.4, -0.2) is 73.6 Å². The number of hydrogen-bond acceptors (Lipinski definition) is 4. The van der Waals surface area contributed by atoms with Gasteiger partial charge in [-0.25, -0.2) is 9.98 Å². The summed E-state index contributed by atoms with van der Waals surface area (Å²) in [6.45, 7) is 8.42. The van der Waals surface area contributed by atoms with Crippen LogP contribution in [-0.2, 0) is 6.54 Å². The number of likely N-dealkylation sites (tertiary alicyclic amines) is 2. The first-order chi connectivity index (χ1) is 14.2. The highest BCUT2D eigenvalue weighted by molar-refractivity contribution is 5.85. The zero-order valence-corrected chi connectivity index (χ0v) is 18.1. The van der Waals surface area contributed by atoms with Gasteiger partial charge in [0.25, 0.3) is 0 Å². The van der Waals surface area contributed by atoms with Gasteiger partial charge in [0.2, 0.25) is 0 Å². The number of nitrogens with one attached hydrogen (secondary N) is 1. The van der Waals surface area contributed by atoms with E-state index in [0.717, 1.165) is 36.9 Å². The van der Waals surface area contributed by atoms with Crippen LogP contribution in [0.15, 0.2) is 35.3 Å². The number of guanidine groups is 1. The van der Waals surface area contributed by atoms with Gasteiger partial charge in [-0.2, -0.15) is 0 Å². The molecular formula is C23H34N6. The lowest BCUT2D eigenvalue weighted by Gasteiger charge is -2.25. The van der Waals surface area contributed by atoms with Crippen LogP contribution in [0.5, 0.6) is 0 Å². The molecule has 1 aromatic carbocycles. The molecule has 6 heteroatoms. The van der Waals surface area contributed by atoms with Gasteiger partial charge in [-0.05, 0) is 57.0 Å². The molecule has 2 saturated heterocycles. The summed E-state index contributed by atoms with van der Waals surface area (Å²) in [7, 11) is 4.08. The lowest BCUT2D eigenvalue weighted by Crippen LogP contribution is -2.42. The third-order valence-corrected chi connectivity index (χ3v) is 6.10. The fourth-order valence-corrected chi connectivity index (χ4v) is 4.52. The first kappa shape index (κ1) is 20.0. The Hall–Kier alpha value is -2.34. The monoisotopic (exact) mass is 394 g/mol. The van der Waals surface area contributed by atoms with Gasteiger partial charge in [0, 0.05) is 45.2 Å². The number of rotatable bonds is 5. The highest BCUT2D eigenvalue weighted by Gasteiger charge is 2.30. The molecule has 2 aromatic rings. The van der Waals surface area contributed by atoms with E-state index in [4.69, 9.17) is 9.98 Å². The molecule has 0 bridgehead atoms. The smallest absolute Gasteiger partial charge is 0.194 e. The Morgan fingerprint density at radius 3 is 2.76 bits per heavy atom. The van der Waals surface area contributed by atoms with Crippen LogP contribution < -0.4 is 10.2 Å². The molecule has 2 fully saturated rings. The zero-order chi connectivity index (χ0) is 20.2. The van der Waals surface area contributed by atoms with Gasteiger partial charge in [-0.3, -0.25) is 4.90 Å². The van der Waals surface area contributed by atoms with Crippen LogP contribution in [0.25, 0.3) is 10.9 Å². The van der Waals surface area contributed by atoms with Crippen LogP contribution in [0.4, 0.5) is 5.82 Å². The van der Waals surface area contributed by atoms with Crippen LogP contribution in [0, 0.1) is 0 Å². The number of anilines is 1. The number of aliphatic imine (C=N–C) groups is 1. The zero-order valence-electron chi connectivity index (χ0n) is 18.1. The molecule has 1 aromatic heterocycles.